The molecule has 0 aromatic carbocycles. The number of ether oxygens (including phenoxy) is 4. The lowest BCUT2D eigenvalue weighted by atomic mass is 10.0. The average molecular weight is 1400 g/mol. The number of esters is 4. The van der Waals surface area contributed by atoms with Crippen molar-refractivity contribution in [3.63, 3.8) is 0 Å². The van der Waals surface area contributed by atoms with E-state index in [1.807, 2.05) is 0 Å². The third-order valence-corrected chi connectivity index (χ3v) is 19.8. The first kappa shape index (κ1) is 93.1. The third kappa shape index (κ3) is 70.3. The van der Waals surface area contributed by atoms with Gasteiger partial charge < -0.3 is 33.8 Å². The van der Waals surface area contributed by atoms with Gasteiger partial charge in [-0.05, 0) is 25.7 Å². The van der Waals surface area contributed by atoms with Gasteiger partial charge >= 0.3 is 39.5 Å². The highest BCUT2D eigenvalue weighted by Gasteiger charge is 2.30. The van der Waals surface area contributed by atoms with Gasteiger partial charge in [0.2, 0.25) is 0 Å². The summed E-state index contributed by atoms with van der Waals surface area (Å²) in [6.45, 7) is 4.93. The van der Waals surface area contributed by atoms with Gasteiger partial charge in [0.25, 0.3) is 0 Å². The number of hydrogen-bond donors (Lipinski definition) is 3. The van der Waals surface area contributed by atoms with Crippen molar-refractivity contribution in [2.24, 2.45) is 0 Å². The summed E-state index contributed by atoms with van der Waals surface area (Å²) in [5.41, 5.74) is 0. The first-order valence-corrected chi connectivity index (χ1v) is 42.8. The van der Waals surface area contributed by atoms with Gasteiger partial charge in [-0.3, -0.25) is 37.3 Å². The molecule has 0 amide bonds. The Labute approximate surface area is 581 Å². The first-order valence-electron chi connectivity index (χ1n) is 39.8. The Bertz CT molecular complexity index is 1810. The minimum atomic E-state index is -4.95. The Morgan fingerprint density at radius 2 is 0.421 bits per heavy atom. The number of phosphoric ester groups is 2. The van der Waals surface area contributed by atoms with Gasteiger partial charge in [0.05, 0.1) is 26.4 Å². The molecule has 3 N–H and O–H groups in total. The lowest BCUT2D eigenvalue weighted by Crippen LogP contribution is -2.30. The largest absolute Gasteiger partial charge is 0.472 e. The molecule has 0 radical (unpaired) electrons. The molecule has 2 unspecified atom stereocenters. The van der Waals surface area contributed by atoms with E-state index in [4.69, 9.17) is 37.0 Å². The fourth-order valence-electron chi connectivity index (χ4n) is 11.8. The zero-order chi connectivity index (χ0) is 69.7. The highest BCUT2D eigenvalue weighted by molar-refractivity contribution is 7.47. The van der Waals surface area contributed by atoms with Crippen molar-refractivity contribution in [1.29, 1.82) is 0 Å². The molecule has 17 nitrogen and oxygen atoms in total. The van der Waals surface area contributed by atoms with Crippen molar-refractivity contribution in [1.82, 2.24) is 0 Å². The Morgan fingerprint density at radius 3 is 0.621 bits per heavy atom. The summed E-state index contributed by atoms with van der Waals surface area (Å²) in [5, 5.41) is 10.6. The van der Waals surface area contributed by atoms with E-state index >= 15 is 0 Å². The van der Waals surface area contributed by atoms with Crippen LogP contribution in [0.3, 0.4) is 0 Å². The molecule has 0 aromatic heterocycles. The Kier molecular flexibility index (Phi) is 69.1. The van der Waals surface area contributed by atoms with Crippen molar-refractivity contribution < 1.29 is 80.2 Å². The summed E-state index contributed by atoms with van der Waals surface area (Å²) in [6.07, 6.45) is 61.3. The van der Waals surface area contributed by atoms with E-state index in [2.05, 4.69) is 27.7 Å². The van der Waals surface area contributed by atoms with Crippen LogP contribution in [0.5, 0.6) is 0 Å². The molecule has 564 valence electrons. The second kappa shape index (κ2) is 70.5. The van der Waals surface area contributed by atoms with Gasteiger partial charge in [0, 0.05) is 25.7 Å². The molecule has 0 fully saturated rings. The second-order valence-corrected chi connectivity index (χ2v) is 30.3. The van der Waals surface area contributed by atoms with E-state index in [1.54, 1.807) is 0 Å². The Balaban J connectivity index is 5.14. The number of unbranched alkanes of at least 4 members (excludes halogenated alkanes) is 51. The number of aliphatic hydroxyl groups excluding tert-OH is 1. The number of phosphoric acid groups is 2. The molecule has 0 saturated heterocycles. The van der Waals surface area contributed by atoms with Crippen molar-refractivity contribution >= 4 is 39.5 Å². The van der Waals surface area contributed by atoms with Crippen molar-refractivity contribution in [3.8, 4) is 0 Å². The van der Waals surface area contributed by atoms with Gasteiger partial charge in [-0.1, -0.05) is 355 Å². The molecular formula is C76H148O17P2. The minimum Gasteiger partial charge on any atom is -0.462 e. The van der Waals surface area contributed by atoms with Gasteiger partial charge in [0.1, 0.15) is 19.3 Å². The molecule has 19 heteroatoms. The van der Waals surface area contributed by atoms with Gasteiger partial charge in [-0.2, -0.15) is 0 Å². The number of hydrogen-bond acceptors (Lipinski definition) is 15. The van der Waals surface area contributed by atoms with Crippen LogP contribution in [0.15, 0.2) is 0 Å². The Hall–Kier alpha value is -1.94. The predicted molar refractivity (Wildman–Crippen MR) is 386 cm³/mol. The summed E-state index contributed by atoms with van der Waals surface area (Å²) in [4.78, 5) is 72.6. The van der Waals surface area contributed by atoms with Gasteiger partial charge in [-0.25, -0.2) is 9.13 Å². The molecule has 5 atom stereocenters. The number of carbonyl (C=O) groups is 4. The van der Waals surface area contributed by atoms with Crippen molar-refractivity contribution in [2.45, 2.75) is 425 Å². The summed E-state index contributed by atoms with van der Waals surface area (Å²) >= 11 is 0. The average Bonchev–Trinajstić information content (AvgIpc) is 1.86. The van der Waals surface area contributed by atoms with E-state index in [9.17, 15) is 43.2 Å². The lowest BCUT2D eigenvalue weighted by Gasteiger charge is -2.21. The Morgan fingerprint density at radius 1 is 0.253 bits per heavy atom. The van der Waals surface area contributed by atoms with Gasteiger partial charge in [-0.15, -0.1) is 0 Å². The number of carbonyl (C=O) groups excluding carboxylic acids is 4. The van der Waals surface area contributed by atoms with Crippen LogP contribution in [0.1, 0.15) is 407 Å². The topological polar surface area (TPSA) is 237 Å². The monoisotopic (exact) mass is 1400 g/mol. The standard InChI is InChI=1S/C76H148O17P2/c1-5-9-13-17-21-24-27-29-31-33-34-35-36-38-40-42-44-47-51-55-59-63-76(81)93-72(67-87-74(79)61-57-53-49-46-43-41-39-37-32-30-28-25-22-18-14-10-6-2)69-91-95(84,85)89-65-70(77)64-88-94(82,83)90-68-71(66-86-73(78)60-56-52-48-20-16-12-8-4)92-75(80)62-58-54-50-45-26-23-19-15-11-7-3/h70-72,77H,5-69H2,1-4H3,(H,82,83)(H,84,85)/t70-,71+,72+/m0/s1. The van der Waals surface area contributed by atoms with Crippen LogP contribution in [-0.2, 0) is 65.4 Å². The summed E-state index contributed by atoms with van der Waals surface area (Å²) < 4.78 is 68.4. The van der Waals surface area contributed by atoms with Crippen molar-refractivity contribution in [2.75, 3.05) is 39.6 Å². The zero-order valence-electron chi connectivity index (χ0n) is 61.6. The SMILES string of the molecule is CCCCCCCCCCCCCCCCCCCCCCCC(=O)O[C@H](COC(=O)CCCCCCCCCCCCCCCCCCC)COP(=O)(O)OC[C@@H](O)COP(=O)(O)OC[C@@H](COC(=O)CCCCCCCCC)OC(=O)CCCCCCCCCCCC. The van der Waals surface area contributed by atoms with E-state index in [-0.39, 0.29) is 25.7 Å². The molecule has 0 spiro atoms. The molecule has 0 aliphatic rings. The molecule has 0 rings (SSSR count). The van der Waals surface area contributed by atoms with Crippen LogP contribution in [0.25, 0.3) is 0 Å². The highest BCUT2D eigenvalue weighted by atomic mass is 31.2. The van der Waals surface area contributed by atoms with Crippen LogP contribution in [0, 0.1) is 0 Å². The predicted octanol–water partition coefficient (Wildman–Crippen LogP) is 22.6. The fraction of sp³-hybridized carbons (Fsp3) is 0.947. The maximum atomic E-state index is 13.1. The lowest BCUT2D eigenvalue weighted by molar-refractivity contribution is -0.161. The molecule has 95 heavy (non-hydrogen) atoms. The molecule has 0 aliphatic heterocycles. The van der Waals surface area contributed by atoms with Crippen molar-refractivity contribution in [3.05, 3.63) is 0 Å². The van der Waals surface area contributed by atoms with Crippen LogP contribution in [0.4, 0.5) is 0 Å². The van der Waals surface area contributed by atoms with E-state index in [0.29, 0.717) is 25.7 Å². The normalized spacial score (nSPS) is 13.9. The van der Waals surface area contributed by atoms with Crippen LogP contribution in [0.2, 0.25) is 0 Å². The highest BCUT2D eigenvalue weighted by Crippen LogP contribution is 2.45. The molecule has 0 saturated carbocycles. The molecule has 0 aromatic rings. The molecule has 0 bridgehead atoms. The first-order chi connectivity index (χ1) is 46.2. The van der Waals surface area contributed by atoms with Crippen LogP contribution in [-0.4, -0.2) is 96.7 Å². The molecule has 0 aliphatic carbocycles. The van der Waals surface area contributed by atoms with Crippen LogP contribution < -0.4 is 0 Å². The zero-order valence-corrected chi connectivity index (χ0v) is 63.4. The molecule has 0 heterocycles. The number of aliphatic hydroxyl groups is 1. The number of rotatable bonds is 77. The summed E-state index contributed by atoms with van der Waals surface area (Å²) in [7, 11) is -9.90. The minimum absolute atomic E-state index is 0.107. The smallest absolute Gasteiger partial charge is 0.462 e. The fourth-order valence-corrected chi connectivity index (χ4v) is 13.3. The van der Waals surface area contributed by atoms with E-state index < -0.39 is 97.5 Å². The second-order valence-electron chi connectivity index (χ2n) is 27.4. The quantitative estimate of drug-likeness (QED) is 0.0222. The summed E-state index contributed by atoms with van der Waals surface area (Å²) in [6, 6.07) is 0. The van der Waals surface area contributed by atoms with E-state index in [1.165, 1.54) is 225 Å². The third-order valence-electron chi connectivity index (χ3n) is 17.9. The van der Waals surface area contributed by atoms with Gasteiger partial charge in [0.15, 0.2) is 12.2 Å². The maximum absolute atomic E-state index is 13.1. The summed E-state index contributed by atoms with van der Waals surface area (Å²) in [5.74, 6) is -2.12. The maximum Gasteiger partial charge on any atom is 0.472 e. The van der Waals surface area contributed by atoms with Crippen LogP contribution >= 0.6 is 15.6 Å². The van der Waals surface area contributed by atoms with E-state index in [0.717, 1.165) is 103 Å². The molecular weight excluding hydrogens is 1250 g/mol.